The highest BCUT2D eigenvalue weighted by molar-refractivity contribution is 5.75. The zero-order valence-corrected chi connectivity index (χ0v) is 14.3. The summed E-state index contributed by atoms with van der Waals surface area (Å²) in [7, 11) is 0. The molecule has 1 aromatic heterocycles. The van der Waals surface area contributed by atoms with E-state index in [1.54, 1.807) is 0 Å². The van der Waals surface area contributed by atoms with Crippen molar-refractivity contribution in [3.63, 3.8) is 0 Å². The van der Waals surface area contributed by atoms with Gasteiger partial charge in [0.05, 0.1) is 18.2 Å². The number of rotatable bonds is 3. The zero-order chi connectivity index (χ0) is 17.4. The third-order valence-electron chi connectivity index (χ3n) is 5.03. The van der Waals surface area contributed by atoms with E-state index >= 15 is 0 Å². The van der Waals surface area contributed by atoms with Gasteiger partial charge in [0, 0.05) is 19.4 Å². The molecule has 132 valence electrons. The van der Waals surface area contributed by atoms with Crippen molar-refractivity contribution in [1.29, 1.82) is 0 Å². The number of hydrogen-bond acceptors (Lipinski definition) is 4. The number of amides is 2. The summed E-state index contributed by atoms with van der Waals surface area (Å²) in [6.07, 6.45) is 2.56. The summed E-state index contributed by atoms with van der Waals surface area (Å²) in [5, 5.41) is 20.7. The fourth-order valence-electron chi connectivity index (χ4n) is 3.78. The number of carbonyl (C=O) groups excluding carboxylic acids is 1. The molecule has 1 aliphatic carbocycles. The first kappa shape index (κ1) is 16.1. The van der Waals surface area contributed by atoms with Crippen molar-refractivity contribution in [1.82, 2.24) is 25.4 Å². The van der Waals surface area contributed by atoms with E-state index in [1.165, 1.54) is 0 Å². The van der Waals surface area contributed by atoms with Gasteiger partial charge in [0.25, 0.3) is 0 Å². The van der Waals surface area contributed by atoms with Gasteiger partial charge >= 0.3 is 6.03 Å². The average molecular weight is 341 g/mol. The Morgan fingerprint density at radius 2 is 2.20 bits per heavy atom. The molecular formula is C18H23N5O2. The van der Waals surface area contributed by atoms with Crippen LogP contribution in [0.3, 0.4) is 0 Å². The van der Waals surface area contributed by atoms with Crippen molar-refractivity contribution in [2.24, 2.45) is 0 Å². The van der Waals surface area contributed by atoms with Crippen LogP contribution in [-0.2, 0) is 19.4 Å². The molecule has 2 heterocycles. The maximum absolute atomic E-state index is 12.5. The van der Waals surface area contributed by atoms with Crippen molar-refractivity contribution in [3.05, 3.63) is 47.0 Å². The Hall–Kier alpha value is -2.41. The molecule has 0 saturated carbocycles. The number of aliphatic hydroxyl groups is 1. The minimum Gasteiger partial charge on any atom is -0.390 e. The molecule has 0 spiro atoms. The molecule has 0 radical (unpaired) electrons. The van der Waals surface area contributed by atoms with Gasteiger partial charge < -0.3 is 15.7 Å². The van der Waals surface area contributed by atoms with Crippen LogP contribution < -0.4 is 10.6 Å². The van der Waals surface area contributed by atoms with Gasteiger partial charge in [0.15, 0.2) is 5.82 Å². The summed E-state index contributed by atoms with van der Waals surface area (Å²) in [4.78, 5) is 17.1. The van der Waals surface area contributed by atoms with Crippen LogP contribution in [0.5, 0.6) is 0 Å². The SMILES string of the molecule is CCc1nc2n(n1)CCCC2NC(=O)N[C@H]1c2ccccc2C[C@H]1O. The second-order valence-corrected chi connectivity index (χ2v) is 6.72. The van der Waals surface area contributed by atoms with Crippen molar-refractivity contribution in [2.45, 2.75) is 57.3 Å². The van der Waals surface area contributed by atoms with Crippen LogP contribution in [-0.4, -0.2) is 32.0 Å². The molecule has 3 atom stereocenters. The second kappa shape index (κ2) is 6.48. The Bertz CT molecular complexity index is 788. The quantitative estimate of drug-likeness (QED) is 0.791. The fourth-order valence-corrected chi connectivity index (χ4v) is 3.78. The summed E-state index contributed by atoms with van der Waals surface area (Å²) in [6, 6.07) is 7.04. The predicted octanol–water partition coefficient (Wildman–Crippen LogP) is 1.63. The lowest BCUT2D eigenvalue weighted by atomic mass is 10.1. The number of fused-ring (bicyclic) bond motifs is 2. The third-order valence-corrected chi connectivity index (χ3v) is 5.03. The van der Waals surface area contributed by atoms with Crippen molar-refractivity contribution in [2.75, 3.05) is 0 Å². The van der Waals surface area contributed by atoms with E-state index in [1.807, 2.05) is 35.9 Å². The highest BCUT2D eigenvalue weighted by Crippen LogP contribution is 2.31. The van der Waals surface area contributed by atoms with E-state index in [-0.39, 0.29) is 18.1 Å². The minimum atomic E-state index is -0.593. The van der Waals surface area contributed by atoms with Crippen LogP contribution in [0, 0.1) is 0 Å². The normalized spacial score (nSPS) is 24.5. The van der Waals surface area contributed by atoms with E-state index in [4.69, 9.17) is 0 Å². The summed E-state index contributed by atoms with van der Waals surface area (Å²) >= 11 is 0. The van der Waals surface area contributed by atoms with E-state index < -0.39 is 6.10 Å². The van der Waals surface area contributed by atoms with Crippen LogP contribution in [0.15, 0.2) is 24.3 Å². The first-order valence-electron chi connectivity index (χ1n) is 8.92. The molecule has 7 heteroatoms. The van der Waals surface area contributed by atoms with Gasteiger partial charge in [-0.1, -0.05) is 31.2 Å². The summed E-state index contributed by atoms with van der Waals surface area (Å²) in [6.45, 7) is 2.87. The number of hydrogen-bond donors (Lipinski definition) is 3. The smallest absolute Gasteiger partial charge is 0.315 e. The molecule has 25 heavy (non-hydrogen) atoms. The van der Waals surface area contributed by atoms with Gasteiger partial charge in [0.2, 0.25) is 0 Å². The largest absolute Gasteiger partial charge is 0.390 e. The molecule has 4 rings (SSSR count). The molecule has 1 unspecified atom stereocenters. The van der Waals surface area contributed by atoms with Gasteiger partial charge in [-0.2, -0.15) is 5.10 Å². The topological polar surface area (TPSA) is 92.1 Å². The molecule has 2 aliphatic rings. The van der Waals surface area contributed by atoms with E-state index in [0.29, 0.717) is 6.42 Å². The molecule has 0 bridgehead atoms. The summed E-state index contributed by atoms with van der Waals surface area (Å²) < 4.78 is 1.90. The molecule has 7 nitrogen and oxygen atoms in total. The lowest BCUT2D eigenvalue weighted by Gasteiger charge is -2.25. The number of aryl methyl sites for hydroxylation is 2. The Morgan fingerprint density at radius 3 is 3.04 bits per heavy atom. The monoisotopic (exact) mass is 341 g/mol. The molecule has 2 aromatic rings. The highest BCUT2D eigenvalue weighted by atomic mass is 16.3. The van der Waals surface area contributed by atoms with Crippen LogP contribution in [0.2, 0.25) is 0 Å². The van der Waals surface area contributed by atoms with Crippen molar-refractivity contribution in [3.8, 4) is 0 Å². The Morgan fingerprint density at radius 1 is 1.36 bits per heavy atom. The second-order valence-electron chi connectivity index (χ2n) is 6.72. The first-order valence-corrected chi connectivity index (χ1v) is 8.92. The van der Waals surface area contributed by atoms with Crippen LogP contribution >= 0.6 is 0 Å². The molecule has 3 N–H and O–H groups in total. The summed E-state index contributed by atoms with van der Waals surface area (Å²) in [5.74, 6) is 1.63. The Balaban J connectivity index is 1.46. The minimum absolute atomic E-state index is 0.143. The van der Waals surface area contributed by atoms with Crippen molar-refractivity contribution < 1.29 is 9.90 Å². The maximum Gasteiger partial charge on any atom is 0.315 e. The lowest BCUT2D eigenvalue weighted by molar-refractivity contribution is 0.141. The van der Waals surface area contributed by atoms with Crippen LogP contribution in [0.4, 0.5) is 4.79 Å². The fraction of sp³-hybridized carbons (Fsp3) is 0.500. The summed E-state index contributed by atoms with van der Waals surface area (Å²) in [5.41, 5.74) is 2.08. The lowest BCUT2D eigenvalue weighted by Crippen LogP contribution is -2.43. The number of nitrogens with one attached hydrogen (secondary N) is 2. The van der Waals surface area contributed by atoms with E-state index in [0.717, 1.165) is 48.6 Å². The number of nitrogens with zero attached hydrogens (tertiary/aromatic N) is 3. The molecular weight excluding hydrogens is 318 g/mol. The van der Waals surface area contributed by atoms with Gasteiger partial charge in [-0.3, -0.25) is 0 Å². The highest BCUT2D eigenvalue weighted by Gasteiger charge is 2.33. The van der Waals surface area contributed by atoms with Gasteiger partial charge in [-0.15, -0.1) is 0 Å². The Labute approximate surface area is 146 Å². The van der Waals surface area contributed by atoms with Crippen LogP contribution in [0.25, 0.3) is 0 Å². The molecule has 1 aliphatic heterocycles. The Kier molecular flexibility index (Phi) is 4.17. The molecule has 2 amide bonds. The standard InChI is InChI=1S/C18H23N5O2/c1-2-15-20-17-13(8-5-9-23(17)22-15)19-18(25)21-16-12-7-4-3-6-11(12)10-14(16)24/h3-4,6-7,13-14,16,24H,2,5,8-10H2,1H3,(H2,19,21,25)/t13?,14-,16+/m1/s1. The van der Waals surface area contributed by atoms with Gasteiger partial charge in [0.1, 0.15) is 5.82 Å². The van der Waals surface area contributed by atoms with Crippen LogP contribution in [0.1, 0.15) is 54.6 Å². The molecule has 0 fully saturated rings. The average Bonchev–Trinajstić information content (AvgIpc) is 3.17. The van der Waals surface area contributed by atoms with E-state index in [9.17, 15) is 9.90 Å². The number of aromatic nitrogens is 3. The number of carbonyl (C=O) groups is 1. The number of benzene rings is 1. The number of aliphatic hydroxyl groups excluding tert-OH is 1. The molecule has 1 aromatic carbocycles. The number of urea groups is 1. The molecule has 0 saturated heterocycles. The zero-order valence-electron chi connectivity index (χ0n) is 14.3. The van der Waals surface area contributed by atoms with Gasteiger partial charge in [-0.05, 0) is 24.0 Å². The van der Waals surface area contributed by atoms with Crippen molar-refractivity contribution >= 4 is 6.03 Å². The third kappa shape index (κ3) is 3.00. The van der Waals surface area contributed by atoms with Gasteiger partial charge in [-0.25, -0.2) is 14.5 Å². The first-order chi connectivity index (χ1) is 12.2. The maximum atomic E-state index is 12.5. The van der Waals surface area contributed by atoms with E-state index in [2.05, 4.69) is 20.7 Å². The predicted molar refractivity (Wildman–Crippen MR) is 91.9 cm³/mol.